The van der Waals surface area contributed by atoms with E-state index in [4.69, 9.17) is 5.11 Å². The lowest BCUT2D eigenvalue weighted by Crippen LogP contribution is -2.59. The van der Waals surface area contributed by atoms with Crippen LogP contribution >= 0.6 is 11.8 Å². The molecule has 2 aliphatic heterocycles. The molecule has 1 atom stereocenters. The third-order valence-corrected chi connectivity index (χ3v) is 6.34. The van der Waals surface area contributed by atoms with Crippen LogP contribution in [0.3, 0.4) is 0 Å². The lowest BCUT2D eigenvalue weighted by Gasteiger charge is -2.45. The van der Waals surface area contributed by atoms with E-state index in [0.29, 0.717) is 32.4 Å². The SMILES string of the molecule is CS(=O)(=O)N1CCC2(CC1)NC(C(=O)O)CCS2. The maximum Gasteiger partial charge on any atom is 0.320 e. The van der Waals surface area contributed by atoms with Crippen molar-refractivity contribution in [1.82, 2.24) is 9.62 Å². The number of carboxylic acids is 1. The molecule has 1 unspecified atom stereocenters. The van der Waals surface area contributed by atoms with E-state index in [9.17, 15) is 13.2 Å². The van der Waals surface area contributed by atoms with Crippen LogP contribution in [0.25, 0.3) is 0 Å². The molecule has 0 aromatic rings. The molecule has 2 fully saturated rings. The van der Waals surface area contributed by atoms with Gasteiger partial charge in [-0.15, -0.1) is 11.8 Å². The van der Waals surface area contributed by atoms with Crippen LogP contribution in [0.4, 0.5) is 0 Å². The number of hydrogen-bond donors (Lipinski definition) is 2. The second-order valence-corrected chi connectivity index (χ2v) is 8.29. The molecule has 18 heavy (non-hydrogen) atoms. The third-order valence-electron chi connectivity index (χ3n) is 3.52. The predicted molar refractivity (Wildman–Crippen MR) is 70.0 cm³/mol. The quantitative estimate of drug-likeness (QED) is 0.741. The first-order valence-corrected chi connectivity index (χ1v) is 8.75. The fourth-order valence-electron chi connectivity index (χ4n) is 2.46. The van der Waals surface area contributed by atoms with Crippen LogP contribution in [0.1, 0.15) is 19.3 Å². The van der Waals surface area contributed by atoms with Crippen molar-refractivity contribution < 1.29 is 18.3 Å². The minimum atomic E-state index is -3.13. The van der Waals surface area contributed by atoms with Crippen LogP contribution in [0, 0.1) is 0 Å². The summed E-state index contributed by atoms with van der Waals surface area (Å²) in [6, 6.07) is -0.504. The summed E-state index contributed by atoms with van der Waals surface area (Å²) in [6.07, 6.45) is 3.16. The molecule has 2 rings (SSSR count). The molecule has 2 aliphatic rings. The number of hydrogen-bond acceptors (Lipinski definition) is 5. The highest BCUT2D eigenvalue weighted by Gasteiger charge is 2.42. The van der Waals surface area contributed by atoms with Crippen LogP contribution < -0.4 is 5.32 Å². The maximum atomic E-state index is 11.4. The van der Waals surface area contributed by atoms with Crippen molar-refractivity contribution in [3.63, 3.8) is 0 Å². The molecule has 2 N–H and O–H groups in total. The fourth-order valence-corrected chi connectivity index (χ4v) is 4.74. The molecule has 0 aliphatic carbocycles. The smallest absolute Gasteiger partial charge is 0.320 e. The van der Waals surface area contributed by atoms with E-state index >= 15 is 0 Å². The highest BCUT2D eigenvalue weighted by atomic mass is 32.2. The standard InChI is InChI=1S/C10H18N2O4S2/c1-18(15,16)12-5-3-10(4-6-12)11-8(9(13)14)2-7-17-10/h8,11H,2-7H2,1H3,(H,13,14). The van der Waals surface area contributed by atoms with Gasteiger partial charge in [0.15, 0.2) is 0 Å². The third kappa shape index (κ3) is 2.98. The molecular formula is C10H18N2O4S2. The molecule has 0 amide bonds. The van der Waals surface area contributed by atoms with Gasteiger partial charge in [0.1, 0.15) is 6.04 Å². The second-order valence-electron chi connectivity index (χ2n) is 4.83. The van der Waals surface area contributed by atoms with Crippen LogP contribution in [0.15, 0.2) is 0 Å². The first kappa shape index (κ1) is 14.1. The highest BCUT2D eigenvalue weighted by molar-refractivity contribution is 8.00. The summed E-state index contributed by atoms with van der Waals surface area (Å²) in [5.41, 5.74) is 0. The highest BCUT2D eigenvalue weighted by Crippen LogP contribution is 2.38. The number of sulfonamides is 1. The molecule has 6 nitrogen and oxygen atoms in total. The Morgan fingerprint density at radius 2 is 2.06 bits per heavy atom. The maximum absolute atomic E-state index is 11.4. The van der Waals surface area contributed by atoms with Crippen LogP contribution in [0.2, 0.25) is 0 Å². The van der Waals surface area contributed by atoms with Crippen molar-refractivity contribution in [3.8, 4) is 0 Å². The summed E-state index contributed by atoms with van der Waals surface area (Å²) in [5, 5.41) is 12.2. The Morgan fingerprint density at radius 3 is 2.56 bits per heavy atom. The van der Waals surface area contributed by atoms with Gasteiger partial charge in [-0.2, -0.15) is 0 Å². The van der Waals surface area contributed by atoms with Gasteiger partial charge in [0.05, 0.1) is 11.1 Å². The summed E-state index contributed by atoms with van der Waals surface area (Å²) in [5.74, 6) is -0.0109. The number of thioether (sulfide) groups is 1. The Bertz CT molecular complexity index is 429. The molecule has 104 valence electrons. The van der Waals surface area contributed by atoms with E-state index in [1.165, 1.54) is 10.6 Å². The Labute approximate surface area is 111 Å². The summed E-state index contributed by atoms with van der Waals surface area (Å²) in [6.45, 7) is 0.927. The van der Waals surface area contributed by atoms with Crippen LogP contribution in [-0.2, 0) is 14.8 Å². The Hall–Kier alpha value is -0.310. The van der Waals surface area contributed by atoms with E-state index in [1.807, 2.05) is 0 Å². The zero-order chi connectivity index (χ0) is 13.4. The molecule has 8 heteroatoms. The van der Waals surface area contributed by atoms with Gasteiger partial charge in [-0.25, -0.2) is 12.7 Å². The predicted octanol–water partition coefficient (Wildman–Crippen LogP) is -0.0822. The van der Waals surface area contributed by atoms with Crippen LogP contribution in [0.5, 0.6) is 0 Å². The number of carbonyl (C=O) groups is 1. The van der Waals surface area contributed by atoms with Crippen molar-refractivity contribution in [2.45, 2.75) is 30.2 Å². The second kappa shape index (κ2) is 4.99. The fraction of sp³-hybridized carbons (Fsp3) is 0.900. The molecule has 2 heterocycles. The van der Waals surface area contributed by atoms with Crippen molar-refractivity contribution in [2.75, 3.05) is 25.1 Å². The summed E-state index contributed by atoms with van der Waals surface area (Å²) in [7, 11) is -3.13. The number of piperidine rings is 1. The largest absolute Gasteiger partial charge is 0.480 e. The van der Waals surface area contributed by atoms with Gasteiger partial charge in [-0.1, -0.05) is 0 Å². The average molecular weight is 294 g/mol. The molecular weight excluding hydrogens is 276 g/mol. The van der Waals surface area contributed by atoms with Gasteiger partial charge in [0, 0.05) is 13.1 Å². The van der Waals surface area contributed by atoms with Crippen molar-refractivity contribution in [3.05, 3.63) is 0 Å². The summed E-state index contributed by atoms with van der Waals surface area (Å²) < 4.78 is 24.3. The average Bonchev–Trinajstić information content (AvgIpc) is 2.28. The van der Waals surface area contributed by atoms with Gasteiger partial charge < -0.3 is 5.11 Å². The summed E-state index contributed by atoms with van der Waals surface area (Å²) in [4.78, 5) is 10.8. The van der Waals surface area contributed by atoms with Crippen molar-refractivity contribution >= 4 is 27.8 Å². The zero-order valence-corrected chi connectivity index (χ0v) is 11.9. The van der Waals surface area contributed by atoms with E-state index in [-0.39, 0.29) is 4.87 Å². The first-order chi connectivity index (χ1) is 8.32. The molecule has 1 spiro atoms. The molecule has 2 saturated heterocycles. The van der Waals surface area contributed by atoms with E-state index in [1.54, 1.807) is 11.8 Å². The van der Waals surface area contributed by atoms with Crippen molar-refractivity contribution in [2.24, 2.45) is 0 Å². The monoisotopic (exact) mass is 294 g/mol. The molecule has 0 aromatic carbocycles. The van der Waals surface area contributed by atoms with Gasteiger partial charge >= 0.3 is 5.97 Å². The topological polar surface area (TPSA) is 86.7 Å². The Kier molecular flexibility index (Phi) is 3.91. The van der Waals surface area contributed by atoms with Gasteiger partial charge in [-0.3, -0.25) is 10.1 Å². The minimum absolute atomic E-state index is 0.261. The molecule has 0 saturated carbocycles. The lowest BCUT2D eigenvalue weighted by atomic mass is 10.0. The summed E-state index contributed by atoms with van der Waals surface area (Å²) >= 11 is 1.72. The normalized spacial score (nSPS) is 29.3. The number of carboxylic acid groups (broad SMARTS) is 1. The van der Waals surface area contributed by atoms with E-state index in [2.05, 4.69) is 5.32 Å². The Balaban J connectivity index is 2.01. The minimum Gasteiger partial charge on any atom is -0.480 e. The Morgan fingerprint density at radius 1 is 1.44 bits per heavy atom. The number of nitrogens with zero attached hydrogens (tertiary/aromatic N) is 1. The number of nitrogens with one attached hydrogen (secondary N) is 1. The zero-order valence-electron chi connectivity index (χ0n) is 10.3. The van der Waals surface area contributed by atoms with Gasteiger partial charge in [0.25, 0.3) is 0 Å². The van der Waals surface area contributed by atoms with Gasteiger partial charge in [-0.05, 0) is 25.0 Å². The lowest BCUT2D eigenvalue weighted by molar-refractivity contribution is -0.140. The van der Waals surface area contributed by atoms with Crippen LogP contribution in [-0.4, -0.2) is 59.8 Å². The van der Waals surface area contributed by atoms with Gasteiger partial charge in [0.2, 0.25) is 10.0 Å². The van der Waals surface area contributed by atoms with Crippen molar-refractivity contribution in [1.29, 1.82) is 0 Å². The van der Waals surface area contributed by atoms with E-state index in [0.717, 1.165) is 5.75 Å². The molecule has 0 radical (unpaired) electrons. The molecule has 0 aromatic heterocycles. The number of aliphatic carboxylic acids is 1. The first-order valence-electron chi connectivity index (χ1n) is 5.92. The molecule has 0 bridgehead atoms. The van der Waals surface area contributed by atoms with E-state index < -0.39 is 22.0 Å². The number of rotatable bonds is 2.